The third kappa shape index (κ3) is 3.14. The van der Waals surface area contributed by atoms with Crippen molar-refractivity contribution in [1.82, 2.24) is 4.90 Å². The molecular weight excluding hydrogens is 478 g/mol. The van der Waals surface area contributed by atoms with Crippen LogP contribution in [0.4, 0.5) is 4.79 Å². The second-order valence-corrected chi connectivity index (χ2v) is 16.6. The highest BCUT2D eigenvalue weighted by molar-refractivity contribution is 6.74. The second-order valence-electron chi connectivity index (χ2n) is 11.9. The molecule has 0 unspecified atom stereocenters. The van der Waals surface area contributed by atoms with Crippen LogP contribution in [0.25, 0.3) is 0 Å². The molecule has 1 amide bonds. The summed E-state index contributed by atoms with van der Waals surface area (Å²) in [5, 5.41) is -0.0292. The molecule has 4 atom stereocenters. The number of hydrogen-bond donors (Lipinski definition) is 0. The molecule has 2 aliphatic carbocycles. The molecule has 5 rings (SSSR count). The number of amides is 1. The zero-order chi connectivity index (χ0) is 26.3. The Kier molecular flexibility index (Phi) is 5.42. The van der Waals surface area contributed by atoms with Gasteiger partial charge in [0.2, 0.25) is 0 Å². The summed E-state index contributed by atoms with van der Waals surface area (Å²) >= 11 is 0. The molecular formula is C27H35NO7Si. The number of carbonyl (C=O) groups excluding carboxylic acids is 3. The van der Waals surface area contributed by atoms with Crippen molar-refractivity contribution >= 4 is 26.2 Å². The van der Waals surface area contributed by atoms with Gasteiger partial charge in [-0.3, -0.25) is 9.59 Å². The van der Waals surface area contributed by atoms with E-state index in [0.29, 0.717) is 37.3 Å². The van der Waals surface area contributed by atoms with E-state index in [2.05, 4.69) is 40.4 Å². The average Bonchev–Trinajstić information content (AvgIpc) is 3.12. The Morgan fingerprint density at radius 3 is 2.61 bits per heavy atom. The van der Waals surface area contributed by atoms with Gasteiger partial charge in [-0.25, -0.2) is 4.79 Å². The van der Waals surface area contributed by atoms with Gasteiger partial charge in [-0.15, -0.1) is 0 Å². The van der Waals surface area contributed by atoms with E-state index in [1.807, 2.05) is 12.1 Å². The van der Waals surface area contributed by atoms with Crippen LogP contribution in [-0.4, -0.2) is 55.4 Å². The van der Waals surface area contributed by atoms with E-state index in [1.54, 1.807) is 4.90 Å². The van der Waals surface area contributed by atoms with Gasteiger partial charge in [-0.05, 0) is 49.0 Å². The summed E-state index contributed by atoms with van der Waals surface area (Å²) in [5.41, 5.74) is -0.108. The van der Waals surface area contributed by atoms with Gasteiger partial charge < -0.3 is 23.5 Å². The van der Waals surface area contributed by atoms with Crippen LogP contribution in [0.15, 0.2) is 25.0 Å². The highest BCUT2D eigenvalue weighted by Gasteiger charge is 2.76. The third-order valence-electron chi connectivity index (χ3n) is 9.12. The number of ketones is 1. The lowest BCUT2D eigenvalue weighted by atomic mass is 9.49. The van der Waals surface area contributed by atoms with Crippen LogP contribution in [0.2, 0.25) is 18.1 Å². The van der Waals surface area contributed by atoms with Gasteiger partial charge in [0.05, 0.1) is 17.7 Å². The van der Waals surface area contributed by atoms with Crippen molar-refractivity contribution in [3.8, 4) is 11.5 Å². The van der Waals surface area contributed by atoms with E-state index in [0.717, 1.165) is 17.4 Å². The molecule has 1 saturated carbocycles. The fraction of sp³-hybridized carbons (Fsp3) is 0.593. The normalized spacial score (nSPS) is 30.2. The lowest BCUT2D eigenvalue weighted by Crippen LogP contribution is -2.78. The smallest absolute Gasteiger partial charge is 0.415 e. The van der Waals surface area contributed by atoms with Crippen molar-refractivity contribution in [2.75, 3.05) is 6.54 Å². The highest BCUT2D eigenvalue weighted by Crippen LogP contribution is 2.66. The predicted molar refractivity (Wildman–Crippen MR) is 135 cm³/mol. The van der Waals surface area contributed by atoms with Gasteiger partial charge in [0.1, 0.15) is 11.4 Å². The van der Waals surface area contributed by atoms with Gasteiger partial charge in [-0.1, -0.05) is 33.4 Å². The Labute approximate surface area is 213 Å². The lowest BCUT2D eigenvalue weighted by molar-refractivity contribution is -0.210. The summed E-state index contributed by atoms with van der Waals surface area (Å²) in [6.45, 7) is 16.1. The molecule has 1 aromatic carbocycles. The molecule has 2 heterocycles. The summed E-state index contributed by atoms with van der Waals surface area (Å²) in [7, 11) is -2.21. The fourth-order valence-corrected chi connectivity index (χ4v) is 7.64. The van der Waals surface area contributed by atoms with Gasteiger partial charge >= 0.3 is 12.1 Å². The number of hydrogen-bond acceptors (Lipinski definition) is 7. The van der Waals surface area contributed by atoms with Crippen LogP contribution < -0.4 is 9.16 Å². The minimum absolute atomic E-state index is 0.0130. The molecule has 0 aromatic heterocycles. The molecule has 9 heteroatoms. The van der Waals surface area contributed by atoms with Crippen LogP contribution in [0.5, 0.6) is 11.5 Å². The maximum atomic E-state index is 13.4. The van der Waals surface area contributed by atoms with Crippen LogP contribution in [0, 0.1) is 0 Å². The SMILES string of the molecule is C=COC(=O)N1CC[C@]23c4c5ccc(O[Si](C)(C)C(C)(C)C)c4O[C@H]2C(=O)CC[C@@]3(OC(C)=O)[C@H]1C5. The quantitative estimate of drug-likeness (QED) is 0.329. The molecule has 2 fully saturated rings. The van der Waals surface area contributed by atoms with E-state index in [-0.39, 0.29) is 17.2 Å². The molecule has 8 nitrogen and oxygen atoms in total. The molecule has 1 spiro atoms. The molecule has 0 radical (unpaired) electrons. The Morgan fingerprint density at radius 2 is 1.97 bits per heavy atom. The summed E-state index contributed by atoms with van der Waals surface area (Å²) < 4.78 is 24.6. The first-order valence-electron chi connectivity index (χ1n) is 12.6. The Bertz CT molecular complexity index is 1170. The molecule has 0 N–H and O–H groups in total. The zero-order valence-electron chi connectivity index (χ0n) is 21.9. The van der Waals surface area contributed by atoms with Crippen LogP contribution in [0.1, 0.15) is 58.1 Å². The van der Waals surface area contributed by atoms with Crippen molar-refractivity contribution < 1.29 is 33.0 Å². The number of piperidine rings is 1. The topological polar surface area (TPSA) is 91.4 Å². The summed E-state index contributed by atoms with van der Waals surface area (Å²) in [6, 6.07) is 3.45. The monoisotopic (exact) mass is 513 g/mol. The number of Topliss-reactive ketones (excluding diaryl/α,β-unsaturated/α-hetero) is 1. The van der Waals surface area contributed by atoms with Crippen LogP contribution in [-0.2, 0) is 30.9 Å². The van der Waals surface area contributed by atoms with Crippen molar-refractivity contribution in [2.24, 2.45) is 0 Å². The Hall–Kier alpha value is -2.81. The van der Waals surface area contributed by atoms with Crippen molar-refractivity contribution in [3.63, 3.8) is 0 Å². The van der Waals surface area contributed by atoms with E-state index in [9.17, 15) is 14.4 Å². The van der Waals surface area contributed by atoms with Gasteiger partial charge in [-0.2, -0.15) is 0 Å². The van der Waals surface area contributed by atoms with E-state index in [1.165, 1.54) is 6.92 Å². The van der Waals surface area contributed by atoms with Gasteiger partial charge in [0.15, 0.2) is 17.6 Å². The number of likely N-dealkylation sites (tertiary alicyclic amines) is 1. The molecule has 2 bridgehead atoms. The first kappa shape index (κ1) is 24.9. The van der Waals surface area contributed by atoms with Crippen LogP contribution in [0.3, 0.4) is 0 Å². The maximum Gasteiger partial charge on any atom is 0.415 e. The molecule has 36 heavy (non-hydrogen) atoms. The summed E-state index contributed by atoms with van der Waals surface area (Å²) in [4.78, 5) is 40.5. The Balaban J connectivity index is 1.73. The molecule has 2 aliphatic heterocycles. The molecule has 194 valence electrons. The Morgan fingerprint density at radius 1 is 1.25 bits per heavy atom. The number of benzene rings is 1. The number of ether oxygens (including phenoxy) is 3. The lowest BCUT2D eigenvalue weighted by Gasteiger charge is -2.63. The van der Waals surface area contributed by atoms with E-state index < -0.39 is 43.5 Å². The standard InChI is InChI=1S/C27H35NO7Si/c1-8-32-24(31)28-14-13-26-21-17-9-10-19(35-36(6,7)25(3,4)5)22(21)33-23(26)18(30)11-12-27(26,20(28)15-17)34-16(2)29/h8-10,20,23H,1,11-15H2,2-7H3/t20-,23+,26+,27-/m1/s1. The predicted octanol–water partition coefficient (Wildman–Crippen LogP) is 4.64. The van der Waals surface area contributed by atoms with Crippen molar-refractivity contribution in [2.45, 2.75) is 94.7 Å². The third-order valence-corrected chi connectivity index (χ3v) is 13.5. The van der Waals surface area contributed by atoms with E-state index in [4.69, 9.17) is 18.6 Å². The number of nitrogens with zero attached hydrogens (tertiary/aromatic N) is 1. The van der Waals surface area contributed by atoms with Gasteiger partial charge in [0.25, 0.3) is 8.32 Å². The highest BCUT2D eigenvalue weighted by atomic mass is 28.4. The minimum Gasteiger partial charge on any atom is -0.541 e. The van der Waals surface area contributed by atoms with Crippen molar-refractivity contribution in [3.05, 3.63) is 36.1 Å². The van der Waals surface area contributed by atoms with Crippen molar-refractivity contribution in [1.29, 1.82) is 0 Å². The number of esters is 1. The fourth-order valence-electron chi connectivity index (χ4n) is 6.62. The summed E-state index contributed by atoms with van der Waals surface area (Å²) in [6.07, 6.45) is 1.14. The average molecular weight is 514 g/mol. The zero-order valence-corrected chi connectivity index (χ0v) is 22.9. The van der Waals surface area contributed by atoms with Gasteiger partial charge in [0, 0.05) is 25.5 Å². The molecule has 4 aliphatic rings. The molecule has 1 saturated heterocycles. The largest absolute Gasteiger partial charge is 0.541 e. The first-order valence-corrected chi connectivity index (χ1v) is 15.5. The molecule has 1 aromatic rings. The minimum atomic E-state index is -2.21. The van der Waals surface area contributed by atoms with E-state index >= 15 is 0 Å². The first-order chi connectivity index (χ1) is 16.8. The maximum absolute atomic E-state index is 13.4. The number of rotatable bonds is 4. The van der Waals surface area contributed by atoms with Crippen LogP contribution >= 0.6 is 0 Å². The number of carbonyl (C=O) groups is 3. The summed E-state index contributed by atoms with van der Waals surface area (Å²) in [5.74, 6) is 0.771. The second kappa shape index (κ2) is 7.84.